The zero-order chi connectivity index (χ0) is 63.0. The first-order valence-electron chi connectivity index (χ1n) is 30.1. The van der Waals surface area contributed by atoms with E-state index in [1.54, 1.807) is 14.2 Å². The van der Waals surface area contributed by atoms with Crippen molar-refractivity contribution in [2.75, 3.05) is 70.6 Å². The minimum absolute atomic E-state index is 0.353. The average molecular weight is 1240 g/mol. The van der Waals surface area contributed by atoms with Gasteiger partial charge in [0.2, 0.25) is 0 Å². The Morgan fingerprint density at radius 1 is 0.523 bits per heavy atom. The molecule has 4 atom stereocenters. The summed E-state index contributed by atoms with van der Waals surface area (Å²) in [5.41, 5.74) is 11.8. The van der Waals surface area contributed by atoms with Crippen LogP contribution in [0.1, 0.15) is 123 Å². The van der Waals surface area contributed by atoms with Gasteiger partial charge in [-0.3, -0.25) is 28.8 Å². The average Bonchev–Trinajstić information content (AvgIpc) is 1.56. The Morgan fingerprint density at radius 3 is 1.22 bits per heavy atom. The quantitative estimate of drug-likeness (QED) is 0.124. The van der Waals surface area contributed by atoms with Crippen LogP contribution >= 0.6 is 0 Å². The fraction of sp³-hybridized carbons (Fsp3) is 0.469. The van der Waals surface area contributed by atoms with Crippen molar-refractivity contribution in [3.05, 3.63) is 128 Å². The van der Waals surface area contributed by atoms with Crippen molar-refractivity contribution in [3.63, 3.8) is 0 Å². The number of amides is 6. The van der Waals surface area contributed by atoms with Crippen LogP contribution in [0.15, 0.2) is 105 Å². The standard InChI is InChI=1S/2C32H39N5O6S/c2*1-35(2)32(40)31(39)33-23-13-9-12-20-26-22(28(26)30(38)34-44(41,42)36(3)4)17-37-24(27(20)23)16-21-25(43-5)15-14-19(29(21)37)18-10-7-6-8-11-18/h2*9,12,14-16,18,23,27H,6-8,10-11,13,17H2,1-5H3,(H,33,39)(H,34,38)/t2*23-,27?/m11/s1. The number of hydrogen-bond donors (Lipinski definition) is 4. The van der Waals surface area contributed by atoms with Crippen LogP contribution in [0.2, 0.25) is 0 Å². The van der Waals surface area contributed by atoms with Crippen LogP contribution in [-0.4, -0.2) is 163 Å². The van der Waals surface area contributed by atoms with Gasteiger partial charge in [-0.1, -0.05) is 75.0 Å². The molecule has 4 aromatic rings. The van der Waals surface area contributed by atoms with Gasteiger partial charge in [-0.15, -0.1) is 0 Å². The van der Waals surface area contributed by atoms with Gasteiger partial charge in [0.05, 0.1) is 36.4 Å². The van der Waals surface area contributed by atoms with E-state index in [0.717, 1.165) is 112 Å². The number of benzene rings is 2. The van der Waals surface area contributed by atoms with Gasteiger partial charge in [-0.2, -0.15) is 25.4 Å². The molecule has 24 heteroatoms. The summed E-state index contributed by atoms with van der Waals surface area (Å²) in [5.74, 6) is -2.61. The molecule has 22 nitrogen and oxygen atoms in total. The molecular weight excluding hydrogens is 1160 g/mol. The second-order valence-corrected chi connectivity index (χ2v) is 28.6. The Balaban J connectivity index is 0.000000182. The molecule has 6 amide bonds. The zero-order valence-electron chi connectivity index (χ0n) is 51.5. The first kappa shape index (κ1) is 61.8. The van der Waals surface area contributed by atoms with Crippen LogP contribution in [0.3, 0.4) is 0 Å². The lowest BCUT2D eigenvalue weighted by atomic mass is 9.81. The smallest absolute Gasteiger partial charge is 0.311 e. The highest BCUT2D eigenvalue weighted by Crippen LogP contribution is 2.56. The van der Waals surface area contributed by atoms with E-state index >= 15 is 0 Å². The van der Waals surface area contributed by atoms with E-state index in [1.807, 2.05) is 36.4 Å². The minimum Gasteiger partial charge on any atom is -0.496 e. The number of rotatable bonds is 12. The molecule has 2 aliphatic heterocycles. The second-order valence-electron chi connectivity index (χ2n) is 24.8. The van der Waals surface area contributed by atoms with Crippen molar-refractivity contribution in [1.82, 2.24) is 47.6 Å². The maximum absolute atomic E-state index is 13.4. The topological polar surface area (TPSA) is 260 Å². The molecule has 2 saturated carbocycles. The summed E-state index contributed by atoms with van der Waals surface area (Å²) in [5, 5.41) is 7.86. The third-order valence-corrected chi connectivity index (χ3v) is 21.5. The monoisotopic (exact) mass is 1240 g/mol. The molecule has 2 unspecified atom stereocenters. The van der Waals surface area contributed by atoms with E-state index in [-0.39, 0.29) is 0 Å². The Labute approximate surface area is 513 Å². The van der Waals surface area contributed by atoms with Crippen molar-refractivity contribution in [3.8, 4) is 11.5 Å². The number of carbonyl (C=O) groups excluding carboxylic acids is 6. The van der Waals surface area contributed by atoms with Crippen LogP contribution in [0.25, 0.3) is 21.8 Å². The van der Waals surface area contributed by atoms with Gasteiger partial charge in [0.1, 0.15) is 11.5 Å². The molecule has 4 heterocycles. The summed E-state index contributed by atoms with van der Waals surface area (Å²) in [6.45, 7) is 0.744. The fourth-order valence-corrected chi connectivity index (χ4v) is 15.2. The van der Waals surface area contributed by atoms with Gasteiger partial charge in [0.15, 0.2) is 0 Å². The van der Waals surface area contributed by atoms with Crippen molar-refractivity contribution in [2.24, 2.45) is 0 Å². The molecule has 0 bridgehead atoms. The van der Waals surface area contributed by atoms with Crippen molar-refractivity contribution in [1.29, 1.82) is 0 Å². The number of nitrogens with zero attached hydrogens (tertiary/aromatic N) is 6. The number of methoxy groups -OCH3 is 2. The largest absolute Gasteiger partial charge is 0.496 e. The molecule has 0 saturated heterocycles. The SMILES string of the molecule is COc1ccc(C2CCCCC2)c2c1cc1n2CC2=C(C(=O)NS(=O)(=O)N(C)C)C2=C2C=CC[C@@H](NC(=O)C(=O)N(C)C)C21.COc1ccc(C2CCCCC2)c2c1cc1n2CC2=C(C(=O)NS(=O)(=O)N(C)C)C2=C2C=CC[C@@H](NC(=O)C(=O)N(C)C)C21. The van der Waals surface area contributed by atoms with Gasteiger partial charge >= 0.3 is 44.0 Å². The number of aromatic nitrogens is 2. The molecule has 2 aromatic heterocycles. The molecule has 0 spiro atoms. The first-order valence-corrected chi connectivity index (χ1v) is 33.0. The minimum atomic E-state index is -4.01. The number of allylic oxidation sites excluding steroid dienone is 4. The number of hydrogen-bond acceptors (Lipinski definition) is 12. The maximum Gasteiger partial charge on any atom is 0.311 e. The zero-order valence-corrected chi connectivity index (χ0v) is 53.2. The number of likely N-dealkylation sites (N-methyl/N-ethyl adjacent to an activating group) is 2. The van der Waals surface area contributed by atoms with Crippen molar-refractivity contribution in [2.45, 2.75) is 126 Å². The van der Waals surface area contributed by atoms with E-state index in [9.17, 15) is 45.6 Å². The Morgan fingerprint density at radius 2 is 0.886 bits per heavy atom. The van der Waals surface area contributed by atoms with E-state index < -0.39 is 79.8 Å². The summed E-state index contributed by atoms with van der Waals surface area (Å²) in [6, 6.07) is 11.6. The first-order chi connectivity index (χ1) is 41.9. The molecule has 2 aromatic carbocycles. The third-order valence-electron chi connectivity index (χ3n) is 18.7. The molecule has 8 aliphatic rings. The summed E-state index contributed by atoms with van der Waals surface area (Å²) in [4.78, 5) is 80.6. The summed E-state index contributed by atoms with van der Waals surface area (Å²) in [6.07, 6.45) is 20.2. The molecule has 0 radical (unpaired) electrons. The van der Waals surface area contributed by atoms with Gasteiger partial charge in [-0.05, 0) is 119 Å². The number of nitrogens with one attached hydrogen (secondary N) is 4. The lowest BCUT2D eigenvalue weighted by Gasteiger charge is -2.32. The number of ether oxygens (including phenoxy) is 2. The molecule has 6 aliphatic carbocycles. The summed E-state index contributed by atoms with van der Waals surface area (Å²) < 4.78 is 72.7. The van der Waals surface area contributed by atoms with E-state index in [0.29, 0.717) is 48.9 Å². The number of fused-ring (bicyclic) bond motifs is 12. The van der Waals surface area contributed by atoms with Crippen molar-refractivity contribution >= 4 is 77.7 Å². The second kappa shape index (κ2) is 24.0. The van der Waals surface area contributed by atoms with Crippen LogP contribution in [-0.2, 0) is 62.3 Å². The van der Waals surface area contributed by atoms with Gasteiger partial charge < -0.3 is 39.0 Å². The highest BCUT2D eigenvalue weighted by Gasteiger charge is 2.49. The highest BCUT2D eigenvalue weighted by molar-refractivity contribution is 7.88. The van der Waals surface area contributed by atoms with E-state index in [4.69, 9.17) is 9.47 Å². The van der Waals surface area contributed by atoms with Crippen LogP contribution < -0.4 is 29.6 Å². The number of carbonyl (C=O) groups is 6. The Hall–Kier alpha value is -7.80. The molecular formula is C64H78N10O12S2. The van der Waals surface area contributed by atoms with Crippen molar-refractivity contribution < 1.29 is 55.1 Å². The molecule has 468 valence electrons. The van der Waals surface area contributed by atoms with Crippen LogP contribution in [0.5, 0.6) is 11.5 Å². The Bertz CT molecular complexity index is 3810. The van der Waals surface area contributed by atoms with Gasteiger partial charge in [0.25, 0.3) is 11.8 Å². The van der Waals surface area contributed by atoms with Gasteiger partial charge in [0, 0.05) is 116 Å². The molecule has 88 heavy (non-hydrogen) atoms. The Kier molecular flexibility index (Phi) is 16.8. The van der Waals surface area contributed by atoms with Crippen LogP contribution in [0.4, 0.5) is 0 Å². The van der Waals surface area contributed by atoms with Crippen LogP contribution in [0, 0.1) is 0 Å². The maximum atomic E-state index is 13.4. The predicted octanol–water partition coefficient (Wildman–Crippen LogP) is 5.71. The molecule has 2 fully saturated rings. The summed E-state index contributed by atoms with van der Waals surface area (Å²) >= 11 is 0. The lowest BCUT2D eigenvalue weighted by Crippen LogP contribution is -2.47. The molecule has 12 rings (SSSR count). The highest BCUT2D eigenvalue weighted by atomic mass is 32.2. The normalized spacial score (nSPS) is 21.4. The fourth-order valence-electron chi connectivity index (χ4n) is 14.2. The third kappa shape index (κ3) is 11.2. The lowest BCUT2D eigenvalue weighted by molar-refractivity contribution is -0.144. The van der Waals surface area contributed by atoms with E-state index in [2.05, 4.69) is 53.5 Å². The predicted molar refractivity (Wildman–Crippen MR) is 332 cm³/mol. The van der Waals surface area contributed by atoms with Gasteiger partial charge in [-0.25, -0.2) is 9.44 Å². The molecule has 4 N–H and O–H groups in total. The van der Waals surface area contributed by atoms with E-state index in [1.165, 1.54) is 116 Å². The summed E-state index contributed by atoms with van der Waals surface area (Å²) in [7, 11) is 6.87.